The van der Waals surface area contributed by atoms with Crippen LogP contribution in [0, 0.1) is 10.1 Å². The number of nitro groups is 1. The molecule has 3 N–H and O–H groups in total. The van der Waals surface area contributed by atoms with Crippen LogP contribution in [0.5, 0.6) is 0 Å². The van der Waals surface area contributed by atoms with Crippen molar-refractivity contribution in [2.75, 3.05) is 24.7 Å². The Morgan fingerprint density at radius 3 is 2.47 bits per heavy atom. The molecule has 1 aliphatic rings. The predicted molar refractivity (Wildman–Crippen MR) is 101 cm³/mol. The number of alkyl halides is 3. The maximum atomic E-state index is 13.3. The van der Waals surface area contributed by atoms with Crippen molar-refractivity contribution in [1.82, 2.24) is 9.97 Å². The van der Waals surface area contributed by atoms with Gasteiger partial charge in [-0.2, -0.15) is 13.2 Å². The van der Waals surface area contributed by atoms with Crippen molar-refractivity contribution in [2.24, 2.45) is 0 Å². The highest BCUT2D eigenvalue weighted by Crippen LogP contribution is 2.54. The van der Waals surface area contributed by atoms with Gasteiger partial charge < -0.3 is 19.9 Å². The number of aromatic amines is 1. The summed E-state index contributed by atoms with van der Waals surface area (Å²) in [7, 11) is -3.73. The number of anilines is 1. The Kier molecular flexibility index (Phi) is 7.59. The summed E-state index contributed by atoms with van der Waals surface area (Å²) < 4.78 is 60.4. The number of imidazole rings is 1. The fourth-order valence-corrected chi connectivity index (χ4v) is 3.49. The molecule has 0 saturated carbocycles. The van der Waals surface area contributed by atoms with Crippen molar-refractivity contribution in [3.05, 3.63) is 40.2 Å². The van der Waals surface area contributed by atoms with Crippen molar-refractivity contribution in [3.8, 4) is 11.4 Å². The number of hydrogen-bond acceptors (Lipinski definition) is 7. The summed E-state index contributed by atoms with van der Waals surface area (Å²) in [5.41, 5.74) is -2.76. The summed E-state index contributed by atoms with van der Waals surface area (Å²) in [6.45, 7) is 5.67. The van der Waals surface area contributed by atoms with Gasteiger partial charge in [-0.1, -0.05) is 0 Å². The molecule has 1 aromatic carbocycles. The second kappa shape index (κ2) is 9.56. The molecule has 2 heterocycles. The van der Waals surface area contributed by atoms with Gasteiger partial charge in [-0.3, -0.25) is 19.2 Å². The molecule has 1 aliphatic heterocycles. The average molecular weight is 452 g/mol. The summed E-state index contributed by atoms with van der Waals surface area (Å²) in [6.07, 6.45) is -3.64. The third kappa shape index (κ3) is 6.02. The molecule has 1 aromatic heterocycles. The van der Waals surface area contributed by atoms with Crippen molar-refractivity contribution in [3.63, 3.8) is 0 Å². The normalized spacial score (nSPS) is 20.7. The fraction of sp³-hybridized carbons (Fsp3) is 0.438. The molecule has 0 amide bonds. The Labute approximate surface area is 169 Å². The van der Waals surface area contributed by atoms with E-state index in [9.17, 15) is 27.9 Å². The molecule has 30 heavy (non-hydrogen) atoms. The van der Waals surface area contributed by atoms with E-state index in [-0.39, 0.29) is 17.7 Å². The lowest BCUT2D eigenvalue weighted by Crippen LogP contribution is -2.35. The van der Waals surface area contributed by atoms with Crippen LogP contribution in [-0.2, 0) is 20.0 Å². The van der Waals surface area contributed by atoms with E-state index in [1.807, 2.05) is 13.8 Å². The van der Waals surface area contributed by atoms with Crippen LogP contribution in [0.2, 0.25) is 0 Å². The van der Waals surface area contributed by atoms with Crippen LogP contribution in [0.3, 0.4) is 0 Å². The van der Waals surface area contributed by atoms with Crippen LogP contribution in [0.25, 0.3) is 11.4 Å². The first-order valence-electron chi connectivity index (χ1n) is 8.72. The van der Waals surface area contributed by atoms with Gasteiger partial charge in [0.15, 0.2) is 0 Å². The van der Waals surface area contributed by atoms with Crippen LogP contribution in [0.4, 0.5) is 24.5 Å². The van der Waals surface area contributed by atoms with Crippen molar-refractivity contribution < 1.29 is 36.8 Å². The standard InChI is InChI=1S/C12H10F3N4O5P.C4H10O/c13-12(14,15)7-4-9(19(20)21)8(18-10-5-25(22,23)24-10)3-6(7)11-16-1-2-17-11;1-3-5-4-2/h1-4,10,18H,5H2,(H,16,17)(H,22,23);3-4H2,1-2H3. The average Bonchev–Trinajstić information content (AvgIpc) is 3.14. The number of rotatable bonds is 6. The second-order valence-corrected chi connectivity index (χ2v) is 7.80. The maximum Gasteiger partial charge on any atom is 0.417 e. The molecule has 2 aromatic rings. The minimum Gasteiger partial charge on any atom is -0.382 e. The Morgan fingerprint density at radius 1 is 1.43 bits per heavy atom. The van der Waals surface area contributed by atoms with Gasteiger partial charge in [0, 0.05) is 37.2 Å². The largest absolute Gasteiger partial charge is 0.417 e. The van der Waals surface area contributed by atoms with E-state index in [2.05, 4.69) is 19.8 Å². The van der Waals surface area contributed by atoms with Gasteiger partial charge in [-0.15, -0.1) is 0 Å². The highest BCUT2D eigenvalue weighted by Gasteiger charge is 2.42. The Bertz CT molecular complexity index is 910. The Balaban J connectivity index is 0.000000575. The SMILES string of the molecule is CCOCC.O=[N+]([O-])c1cc(C(F)(F)F)c(-c2ncc[nH]2)cc1NC1CP(=O)(O)O1. The molecular weight excluding hydrogens is 432 g/mol. The summed E-state index contributed by atoms with van der Waals surface area (Å²) in [4.78, 5) is 25.5. The molecule has 2 unspecified atom stereocenters. The number of nitrogens with one attached hydrogen (secondary N) is 2. The molecule has 1 fully saturated rings. The van der Waals surface area contributed by atoms with Gasteiger partial charge in [-0.05, 0) is 19.9 Å². The topological polar surface area (TPSA) is 140 Å². The first kappa shape index (κ1) is 23.8. The fourth-order valence-electron chi connectivity index (χ4n) is 2.55. The molecule has 10 nitrogen and oxygen atoms in total. The lowest BCUT2D eigenvalue weighted by Gasteiger charge is -2.32. The van der Waals surface area contributed by atoms with Crippen molar-refractivity contribution in [2.45, 2.75) is 26.3 Å². The quantitative estimate of drug-likeness (QED) is 0.340. The number of H-pyrrole nitrogens is 1. The Morgan fingerprint density at radius 2 is 2.07 bits per heavy atom. The smallest absolute Gasteiger partial charge is 0.382 e. The van der Waals surface area contributed by atoms with Crippen LogP contribution < -0.4 is 5.32 Å². The predicted octanol–water partition coefficient (Wildman–Crippen LogP) is 4.00. The van der Waals surface area contributed by atoms with Crippen LogP contribution >= 0.6 is 7.60 Å². The first-order chi connectivity index (χ1) is 14.0. The van der Waals surface area contributed by atoms with E-state index in [0.29, 0.717) is 6.07 Å². The molecule has 0 spiro atoms. The summed E-state index contributed by atoms with van der Waals surface area (Å²) in [5.74, 6) is -0.132. The van der Waals surface area contributed by atoms with Crippen molar-refractivity contribution >= 4 is 19.0 Å². The molecule has 166 valence electrons. The summed E-state index contributed by atoms with van der Waals surface area (Å²) >= 11 is 0. The number of nitro benzene ring substituents is 1. The molecule has 0 bridgehead atoms. The highest BCUT2D eigenvalue weighted by atomic mass is 31.2. The minimum atomic E-state index is -4.85. The number of benzene rings is 1. The number of nitrogens with zero attached hydrogens (tertiary/aromatic N) is 2. The lowest BCUT2D eigenvalue weighted by molar-refractivity contribution is -0.384. The molecular formula is C16H20F3N4O6P. The monoisotopic (exact) mass is 452 g/mol. The molecule has 2 atom stereocenters. The van der Waals surface area contributed by atoms with Crippen LogP contribution in [-0.4, -0.2) is 45.4 Å². The van der Waals surface area contributed by atoms with Gasteiger partial charge in [0.25, 0.3) is 5.69 Å². The molecule has 0 radical (unpaired) electrons. The maximum absolute atomic E-state index is 13.3. The van der Waals surface area contributed by atoms with E-state index >= 15 is 0 Å². The van der Waals surface area contributed by atoms with Gasteiger partial charge in [0.05, 0.1) is 16.6 Å². The van der Waals surface area contributed by atoms with E-state index in [1.54, 1.807) is 0 Å². The zero-order chi connectivity index (χ0) is 22.5. The number of halogens is 3. The number of hydrogen-bond donors (Lipinski definition) is 3. The van der Waals surface area contributed by atoms with Crippen LogP contribution in [0.1, 0.15) is 19.4 Å². The van der Waals surface area contributed by atoms with Gasteiger partial charge in [-0.25, -0.2) is 4.98 Å². The summed E-state index contributed by atoms with van der Waals surface area (Å²) in [5, 5.41) is 13.6. The second-order valence-electron chi connectivity index (χ2n) is 5.95. The van der Waals surface area contributed by atoms with E-state index < -0.39 is 41.7 Å². The van der Waals surface area contributed by atoms with Gasteiger partial charge >= 0.3 is 13.8 Å². The van der Waals surface area contributed by atoms with Crippen molar-refractivity contribution in [1.29, 1.82) is 0 Å². The third-order valence-corrected chi connectivity index (χ3v) is 5.18. The zero-order valence-corrected chi connectivity index (χ0v) is 16.9. The lowest BCUT2D eigenvalue weighted by atomic mass is 10.0. The number of ether oxygens (including phenoxy) is 1. The van der Waals surface area contributed by atoms with E-state index in [0.717, 1.165) is 19.3 Å². The molecule has 1 saturated heterocycles. The van der Waals surface area contributed by atoms with Gasteiger partial charge in [0.1, 0.15) is 17.7 Å². The zero-order valence-electron chi connectivity index (χ0n) is 16.0. The Hall–Kier alpha value is -2.47. The first-order valence-corrected chi connectivity index (χ1v) is 10.5. The molecule has 14 heteroatoms. The van der Waals surface area contributed by atoms with E-state index in [1.165, 1.54) is 12.4 Å². The minimum absolute atomic E-state index is 0.132. The highest BCUT2D eigenvalue weighted by molar-refractivity contribution is 7.54. The summed E-state index contributed by atoms with van der Waals surface area (Å²) in [6, 6.07) is 1.29. The van der Waals surface area contributed by atoms with Gasteiger partial charge in [0.2, 0.25) is 0 Å². The molecule has 3 rings (SSSR count). The van der Waals surface area contributed by atoms with E-state index in [4.69, 9.17) is 9.63 Å². The molecule has 0 aliphatic carbocycles. The van der Waals surface area contributed by atoms with Crippen LogP contribution in [0.15, 0.2) is 24.5 Å². The number of aromatic nitrogens is 2. The third-order valence-electron chi connectivity index (χ3n) is 3.80.